The van der Waals surface area contributed by atoms with Gasteiger partial charge in [0.1, 0.15) is 0 Å². The Bertz CT molecular complexity index is 363. The first-order valence-electron chi connectivity index (χ1n) is 5.45. The van der Waals surface area contributed by atoms with E-state index in [1.165, 1.54) is 4.31 Å². The zero-order valence-corrected chi connectivity index (χ0v) is 10.7. The standard InChI is InChI=1S/C10H19NO4S/c1-7(2)9(4-10(12)13)11-5-8(3)6-16(11,14)15/h7-9H,4-6H2,1-3H3,(H,12,13). The van der Waals surface area contributed by atoms with E-state index >= 15 is 0 Å². The summed E-state index contributed by atoms with van der Waals surface area (Å²) >= 11 is 0. The van der Waals surface area contributed by atoms with Crippen molar-refractivity contribution >= 4 is 16.0 Å². The number of hydrogen-bond donors (Lipinski definition) is 1. The molecule has 5 nitrogen and oxygen atoms in total. The lowest BCUT2D eigenvalue weighted by Crippen LogP contribution is -2.41. The van der Waals surface area contributed by atoms with E-state index in [1.807, 2.05) is 20.8 Å². The smallest absolute Gasteiger partial charge is 0.304 e. The van der Waals surface area contributed by atoms with E-state index in [2.05, 4.69) is 0 Å². The Kier molecular flexibility index (Phi) is 3.96. The third kappa shape index (κ3) is 2.95. The molecule has 0 aromatic carbocycles. The topological polar surface area (TPSA) is 74.7 Å². The normalized spacial score (nSPS) is 27.1. The molecule has 1 aliphatic heterocycles. The van der Waals surface area contributed by atoms with Crippen molar-refractivity contribution in [3.63, 3.8) is 0 Å². The molecule has 6 heteroatoms. The minimum atomic E-state index is -3.26. The van der Waals surface area contributed by atoms with Gasteiger partial charge in [-0.15, -0.1) is 0 Å². The third-order valence-electron chi connectivity index (χ3n) is 2.87. The Labute approximate surface area is 96.5 Å². The number of hydrogen-bond acceptors (Lipinski definition) is 3. The molecule has 0 bridgehead atoms. The maximum absolute atomic E-state index is 11.8. The fraction of sp³-hybridized carbons (Fsp3) is 0.900. The van der Waals surface area contributed by atoms with Crippen molar-refractivity contribution in [1.82, 2.24) is 4.31 Å². The van der Waals surface area contributed by atoms with Gasteiger partial charge >= 0.3 is 5.97 Å². The van der Waals surface area contributed by atoms with Crippen LogP contribution < -0.4 is 0 Å². The van der Waals surface area contributed by atoms with Crippen molar-refractivity contribution in [3.05, 3.63) is 0 Å². The van der Waals surface area contributed by atoms with Crippen LogP contribution in [0.2, 0.25) is 0 Å². The van der Waals surface area contributed by atoms with Crippen LogP contribution in [0.25, 0.3) is 0 Å². The first-order chi connectivity index (χ1) is 7.24. The molecular weight excluding hydrogens is 230 g/mol. The van der Waals surface area contributed by atoms with E-state index < -0.39 is 22.0 Å². The van der Waals surface area contributed by atoms with Gasteiger partial charge in [0.05, 0.1) is 12.2 Å². The van der Waals surface area contributed by atoms with Crippen molar-refractivity contribution in [2.45, 2.75) is 33.2 Å². The van der Waals surface area contributed by atoms with Gasteiger partial charge in [-0.25, -0.2) is 8.42 Å². The molecule has 0 spiro atoms. The summed E-state index contributed by atoms with van der Waals surface area (Å²) in [7, 11) is -3.26. The maximum Gasteiger partial charge on any atom is 0.304 e. The lowest BCUT2D eigenvalue weighted by atomic mass is 10.0. The number of sulfonamides is 1. The predicted octanol–water partition coefficient (Wildman–Crippen LogP) is 0.767. The molecule has 1 heterocycles. The van der Waals surface area contributed by atoms with E-state index in [0.717, 1.165) is 0 Å². The molecule has 1 aliphatic rings. The van der Waals surface area contributed by atoms with E-state index in [0.29, 0.717) is 6.54 Å². The van der Waals surface area contributed by atoms with Crippen LogP contribution in [-0.2, 0) is 14.8 Å². The highest BCUT2D eigenvalue weighted by atomic mass is 32.2. The monoisotopic (exact) mass is 249 g/mol. The zero-order valence-electron chi connectivity index (χ0n) is 9.88. The molecule has 2 unspecified atom stereocenters. The first-order valence-corrected chi connectivity index (χ1v) is 7.06. The first kappa shape index (κ1) is 13.4. The molecule has 2 atom stereocenters. The SMILES string of the molecule is CC1CN(C(CC(=O)O)C(C)C)S(=O)(=O)C1. The maximum atomic E-state index is 11.8. The van der Waals surface area contributed by atoms with E-state index in [9.17, 15) is 13.2 Å². The van der Waals surface area contributed by atoms with Crippen LogP contribution in [0.15, 0.2) is 0 Å². The number of carbonyl (C=O) groups is 1. The fourth-order valence-corrected chi connectivity index (χ4v) is 4.35. The Balaban J connectivity index is 2.91. The molecular formula is C10H19NO4S. The second-order valence-electron chi connectivity index (χ2n) is 4.86. The van der Waals surface area contributed by atoms with Crippen molar-refractivity contribution in [2.75, 3.05) is 12.3 Å². The van der Waals surface area contributed by atoms with Gasteiger partial charge in [0.15, 0.2) is 0 Å². The molecule has 0 radical (unpaired) electrons. The minimum Gasteiger partial charge on any atom is -0.481 e. The van der Waals surface area contributed by atoms with E-state index in [1.54, 1.807) is 0 Å². The van der Waals surface area contributed by atoms with Crippen molar-refractivity contribution < 1.29 is 18.3 Å². The molecule has 16 heavy (non-hydrogen) atoms. The molecule has 0 saturated carbocycles. The van der Waals surface area contributed by atoms with Gasteiger partial charge in [-0.05, 0) is 11.8 Å². The van der Waals surface area contributed by atoms with Gasteiger partial charge in [-0.1, -0.05) is 20.8 Å². The highest BCUT2D eigenvalue weighted by Gasteiger charge is 2.40. The van der Waals surface area contributed by atoms with Gasteiger partial charge in [-0.2, -0.15) is 4.31 Å². The van der Waals surface area contributed by atoms with E-state index in [-0.39, 0.29) is 24.0 Å². The minimum absolute atomic E-state index is 0.0103. The summed E-state index contributed by atoms with van der Waals surface area (Å²) in [6.45, 7) is 6.02. The summed E-state index contributed by atoms with van der Waals surface area (Å²) in [5.74, 6) is -0.722. The predicted molar refractivity (Wildman–Crippen MR) is 60.5 cm³/mol. The molecule has 0 amide bonds. The summed E-state index contributed by atoms with van der Waals surface area (Å²) in [5, 5.41) is 8.81. The lowest BCUT2D eigenvalue weighted by molar-refractivity contribution is -0.138. The molecule has 1 fully saturated rings. The fourth-order valence-electron chi connectivity index (χ4n) is 2.12. The highest BCUT2D eigenvalue weighted by Crippen LogP contribution is 2.26. The molecule has 1 saturated heterocycles. The number of nitrogens with zero attached hydrogens (tertiary/aromatic N) is 1. The van der Waals surface area contributed by atoms with Crippen molar-refractivity contribution in [2.24, 2.45) is 11.8 Å². The van der Waals surface area contributed by atoms with Crippen LogP contribution in [0, 0.1) is 11.8 Å². The molecule has 1 rings (SSSR count). The number of carboxylic acid groups (broad SMARTS) is 1. The van der Waals surface area contributed by atoms with Crippen LogP contribution in [0.4, 0.5) is 0 Å². The van der Waals surface area contributed by atoms with Crippen molar-refractivity contribution in [1.29, 1.82) is 0 Å². The van der Waals surface area contributed by atoms with E-state index in [4.69, 9.17) is 5.11 Å². The third-order valence-corrected chi connectivity index (χ3v) is 4.99. The number of aliphatic carboxylic acids is 1. The molecule has 0 aromatic rings. The Hall–Kier alpha value is -0.620. The second kappa shape index (κ2) is 4.71. The van der Waals surface area contributed by atoms with Gasteiger partial charge in [0.2, 0.25) is 10.0 Å². The Morgan fingerprint density at radius 1 is 1.50 bits per heavy atom. The summed E-state index contributed by atoms with van der Waals surface area (Å²) in [6.07, 6.45) is -0.121. The van der Waals surface area contributed by atoms with Gasteiger partial charge in [-0.3, -0.25) is 4.79 Å². The van der Waals surface area contributed by atoms with Crippen LogP contribution in [0.3, 0.4) is 0 Å². The number of carboxylic acids is 1. The average Bonchev–Trinajstić information content (AvgIpc) is 2.34. The summed E-state index contributed by atoms with van der Waals surface area (Å²) in [6, 6.07) is -0.424. The average molecular weight is 249 g/mol. The van der Waals surface area contributed by atoms with Gasteiger partial charge < -0.3 is 5.11 Å². The summed E-state index contributed by atoms with van der Waals surface area (Å²) in [5.41, 5.74) is 0. The number of rotatable bonds is 4. The molecule has 1 N–H and O–H groups in total. The van der Waals surface area contributed by atoms with Gasteiger partial charge in [0.25, 0.3) is 0 Å². The van der Waals surface area contributed by atoms with Crippen LogP contribution >= 0.6 is 0 Å². The highest BCUT2D eigenvalue weighted by molar-refractivity contribution is 7.89. The Morgan fingerprint density at radius 3 is 2.38 bits per heavy atom. The second-order valence-corrected chi connectivity index (χ2v) is 6.83. The largest absolute Gasteiger partial charge is 0.481 e. The molecule has 94 valence electrons. The molecule has 0 aliphatic carbocycles. The molecule has 0 aromatic heterocycles. The summed E-state index contributed by atoms with van der Waals surface area (Å²) < 4.78 is 25.0. The zero-order chi connectivity index (χ0) is 12.5. The van der Waals surface area contributed by atoms with Crippen molar-refractivity contribution in [3.8, 4) is 0 Å². The summed E-state index contributed by atoms with van der Waals surface area (Å²) in [4.78, 5) is 10.7. The Morgan fingerprint density at radius 2 is 2.06 bits per heavy atom. The van der Waals surface area contributed by atoms with Gasteiger partial charge in [0, 0.05) is 12.6 Å². The van der Waals surface area contributed by atoms with Crippen LogP contribution in [-0.4, -0.2) is 42.1 Å². The lowest BCUT2D eigenvalue weighted by Gasteiger charge is -2.28. The quantitative estimate of drug-likeness (QED) is 0.798. The van der Waals surface area contributed by atoms with Crippen LogP contribution in [0.5, 0.6) is 0 Å². The van der Waals surface area contributed by atoms with Crippen LogP contribution in [0.1, 0.15) is 27.2 Å².